The number of benzene rings is 1. The summed E-state index contributed by atoms with van der Waals surface area (Å²) in [5.74, 6) is 2.46. The average Bonchev–Trinajstić information content (AvgIpc) is 2.82. The zero-order valence-electron chi connectivity index (χ0n) is 12.8. The second kappa shape index (κ2) is 7.14. The Labute approximate surface area is 133 Å². The van der Waals surface area contributed by atoms with E-state index in [0.29, 0.717) is 17.4 Å². The van der Waals surface area contributed by atoms with Gasteiger partial charge in [0.15, 0.2) is 17.3 Å². The first-order valence-corrected chi connectivity index (χ1v) is 7.72. The molecule has 4 nitrogen and oxygen atoms in total. The van der Waals surface area contributed by atoms with Crippen LogP contribution in [-0.2, 0) is 6.42 Å². The van der Waals surface area contributed by atoms with Gasteiger partial charge in [0.25, 0.3) is 0 Å². The van der Waals surface area contributed by atoms with E-state index in [1.54, 1.807) is 14.2 Å². The Hall–Kier alpha value is -1.55. The summed E-state index contributed by atoms with van der Waals surface area (Å²) in [6.45, 7) is 2.17. The number of rotatable bonds is 4. The van der Waals surface area contributed by atoms with Crippen LogP contribution in [0.1, 0.15) is 42.6 Å². The van der Waals surface area contributed by atoms with Gasteiger partial charge in [-0.05, 0) is 62.4 Å². The number of hydrogen-bond acceptors (Lipinski definition) is 4. The Kier molecular flexibility index (Phi) is 5.46. The number of hydrogen-bond donors (Lipinski definition) is 1. The summed E-state index contributed by atoms with van der Waals surface area (Å²) in [7, 11) is 3.24. The van der Waals surface area contributed by atoms with Crippen LogP contribution in [0, 0.1) is 11.8 Å². The quantitative estimate of drug-likeness (QED) is 0.928. The van der Waals surface area contributed by atoms with Gasteiger partial charge in [-0.3, -0.25) is 4.79 Å². The monoisotopic (exact) mass is 305 g/mol. The van der Waals surface area contributed by atoms with Crippen LogP contribution >= 0.6 is 0 Å². The van der Waals surface area contributed by atoms with Gasteiger partial charge in [0.1, 0.15) is 0 Å². The summed E-state index contributed by atoms with van der Waals surface area (Å²) < 4.78 is 10.6. The topological polar surface area (TPSA) is 47.6 Å². The van der Waals surface area contributed by atoms with E-state index in [9.17, 15) is 4.79 Å². The van der Waals surface area contributed by atoms with Crippen LogP contribution in [0.25, 0.3) is 0 Å². The predicted molar refractivity (Wildman–Crippen MR) is 88.0 cm³/mol. The zero-order chi connectivity index (χ0) is 14.8. The standard InChI is InChI=1S/C17H23NO3.CH4/c1-20-15-9-12-8-13(7-11-3-5-18-6-4-11)17(19)14(12)10-16(15)21-2;/h9-11,13,18H,3-8H2,1-2H3;1H4. The Balaban J connectivity index is 0.00000176. The lowest BCUT2D eigenvalue weighted by Gasteiger charge is -2.24. The molecule has 22 heavy (non-hydrogen) atoms. The van der Waals surface area contributed by atoms with E-state index in [0.717, 1.165) is 37.1 Å². The molecule has 1 saturated heterocycles. The van der Waals surface area contributed by atoms with E-state index in [1.807, 2.05) is 12.1 Å². The highest BCUT2D eigenvalue weighted by atomic mass is 16.5. The molecule has 1 atom stereocenters. The molecule has 0 amide bonds. The number of carbonyl (C=O) groups is 1. The third-order valence-corrected chi connectivity index (χ3v) is 4.79. The van der Waals surface area contributed by atoms with Crippen LogP contribution in [0.2, 0.25) is 0 Å². The molecular formula is C18H27NO3. The molecular weight excluding hydrogens is 278 g/mol. The lowest BCUT2D eigenvalue weighted by atomic mass is 9.86. The van der Waals surface area contributed by atoms with E-state index in [2.05, 4.69) is 5.32 Å². The molecule has 1 aromatic rings. The van der Waals surface area contributed by atoms with Crippen LogP contribution < -0.4 is 14.8 Å². The molecule has 1 heterocycles. The average molecular weight is 305 g/mol. The van der Waals surface area contributed by atoms with Gasteiger partial charge in [-0.2, -0.15) is 0 Å². The van der Waals surface area contributed by atoms with E-state index < -0.39 is 0 Å². The summed E-state index contributed by atoms with van der Waals surface area (Å²) in [5, 5.41) is 3.38. The van der Waals surface area contributed by atoms with Gasteiger partial charge in [-0.1, -0.05) is 7.43 Å². The summed E-state index contributed by atoms with van der Waals surface area (Å²) in [4.78, 5) is 12.6. The molecule has 1 aliphatic carbocycles. The maximum absolute atomic E-state index is 12.6. The minimum atomic E-state index is 0. The maximum Gasteiger partial charge on any atom is 0.166 e. The van der Waals surface area contributed by atoms with Gasteiger partial charge in [0.05, 0.1) is 14.2 Å². The van der Waals surface area contributed by atoms with Crippen molar-refractivity contribution < 1.29 is 14.3 Å². The van der Waals surface area contributed by atoms with E-state index >= 15 is 0 Å². The molecule has 4 heteroatoms. The van der Waals surface area contributed by atoms with Crippen LogP contribution in [0.15, 0.2) is 12.1 Å². The largest absolute Gasteiger partial charge is 0.493 e. The van der Waals surface area contributed by atoms with Crippen molar-refractivity contribution in [3.05, 3.63) is 23.3 Å². The number of nitrogens with one attached hydrogen (secondary N) is 1. The number of methoxy groups -OCH3 is 2. The van der Waals surface area contributed by atoms with Crippen LogP contribution in [-0.4, -0.2) is 33.1 Å². The maximum atomic E-state index is 12.6. The minimum absolute atomic E-state index is 0. The zero-order valence-corrected chi connectivity index (χ0v) is 12.8. The fourth-order valence-electron chi connectivity index (χ4n) is 3.61. The Morgan fingerprint density at radius 3 is 2.41 bits per heavy atom. The Morgan fingerprint density at radius 2 is 1.77 bits per heavy atom. The molecule has 0 bridgehead atoms. The minimum Gasteiger partial charge on any atom is -0.493 e. The van der Waals surface area contributed by atoms with Crippen molar-refractivity contribution >= 4 is 5.78 Å². The Bertz CT molecular complexity index is 535. The lowest BCUT2D eigenvalue weighted by molar-refractivity contribution is 0.0913. The normalized spacial score (nSPS) is 21.2. The molecule has 0 saturated carbocycles. The molecule has 122 valence electrons. The molecule has 0 spiro atoms. The summed E-state index contributed by atoms with van der Waals surface area (Å²) in [6.07, 6.45) is 4.23. The highest BCUT2D eigenvalue weighted by Gasteiger charge is 2.33. The third-order valence-electron chi connectivity index (χ3n) is 4.79. The molecule has 0 radical (unpaired) electrons. The third kappa shape index (κ3) is 3.12. The fourth-order valence-corrected chi connectivity index (χ4v) is 3.61. The van der Waals surface area contributed by atoms with Crippen molar-refractivity contribution in [2.24, 2.45) is 11.8 Å². The first-order valence-electron chi connectivity index (χ1n) is 7.72. The van der Waals surface area contributed by atoms with Crippen LogP contribution in [0.3, 0.4) is 0 Å². The van der Waals surface area contributed by atoms with Gasteiger partial charge in [0, 0.05) is 11.5 Å². The molecule has 0 aromatic heterocycles. The first kappa shape index (κ1) is 16.8. The van der Waals surface area contributed by atoms with Gasteiger partial charge in [-0.25, -0.2) is 0 Å². The fraction of sp³-hybridized carbons (Fsp3) is 0.611. The van der Waals surface area contributed by atoms with E-state index in [1.165, 1.54) is 12.8 Å². The lowest BCUT2D eigenvalue weighted by Crippen LogP contribution is -2.29. The van der Waals surface area contributed by atoms with Gasteiger partial charge < -0.3 is 14.8 Å². The second-order valence-corrected chi connectivity index (χ2v) is 6.06. The number of fused-ring (bicyclic) bond motifs is 1. The summed E-state index contributed by atoms with van der Waals surface area (Å²) in [6, 6.07) is 3.81. The van der Waals surface area contributed by atoms with Gasteiger partial charge in [-0.15, -0.1) is 0 Å². The number of carbonyl (C=O) groups excluding carboxylic acids is 1. The number of ether oxygens (including phenoxy) is 2. The molecule has 1 aliphatic heterocycles. The second-order valence-electron chi connectivity index (χ2n) is 6.06. The van der Waals surface area contributed by atoms with Crippen molar-refractivity contribution in [1.29, 1.82) is 0 Å². The van der Waals surface area contributed by atoms with Crippen molar-refractivity contribution in [2.75, 3.05) is 27.3 Å². The molecule has 1 aromatic carbocycles. The highest BCUT2D eigenvalue weighted by Crippen LogP contribution is 2.39. The summed E-state index contributed by atoms with van der Waals surface area (Å²) in [5.41, 5.74) is 1.93. The van der Waals surface area contributed by atoms with Crippen LogP contribution in [0.5, 0.6) is 11.5 Å². The number of Topliss-reactive ketones (excluding diaryl/α,β-unsaturated/α-hetero) is 1. The SMILES string of the molecule is C.COc1cc2c(cc1OC)C(=O)C(CC1CCNCC1)C2. The van der Waals surface area contributed by atoms with E-state index in [4.69, 9.17) is 9.47 Å². The molecule has 3 rings (SSSR count). The number of ketones is 1. The van der Waals surface area contributed by atoms with Crippen molar-refractivity contribution in [3.8, 4) is 11.5 Å². The Morgan fingerprint density at radius 1 is 1.14 bits per heavy atom. The van der Waals surface area contributed by atoms with Gasteiger partial charge in [0.2, 0.25) is 0 Å². The smallest absolute Gasteiger partial charge is 0.166 e. The molecule has 1 fully saturated rings. The number of piperidine rings is 1. The van der Waals surface area contributed by atoms with Crippen molar-refractivity contribution in [2.45, 2.75) is 33.1 Å². The highest BCUT2D eigenvalue weighted by molar-refractivity contribution is 6.02. The molecule has 2 aliphatic rings. The summed E-state index contributed by atoms with van der Waals surface area (Å²) >= 11 is 0. The van der Waals surface area contributed by atoms with Crippen LogP contribution in [0.4, 0.5) is 0 Å². The molecule has 1 N–H and O–H groups in total. The molecule has 1 unspecified atom stereocenters. The van der Waals surface area contributed by atoms with Crippen molar-refractivity contribution in [1.82, 2.24) is 5.32 Å². The van der Waals surface area contributed by atoms with E-state index in [-0.39, 0.29) is 19.1 Å². The first-order chi connectivity index (χ1) is 10.2. The van der Waals surface area contributed by atoms with Crippen molar-refractivity contribution in [3.63, 3.8) is 0 Å². The van der Waals surface area contributed by atoms with Gasteiger partial charge >= 0.3 is 0 Å². The predicted octanol–water partition coefficient (Wildman–Crippen LogP) is 3.08.